The van der Waals surface area contributed by atoms with Crippen LogP contribution in [0.15, 0.2) is 59.1 Å². The topological polar surface area (TPSA) is 24.7 Å². The van der Waals surface area contributed by atoms with Crippen LogP contribution in [0.25, 0.3) is 5.57 Å². The molecule has 3 heteroatoms. The minimum absolute atomic E-state index is 0.906. The van der Waals surface area contributed by atoms with Gasteiger partial charge in [-0.3, -0.25) is 4.99 Å². The lowest BCUT2D eigenvalue weighted by Gasteiger charge is -1.97. The van der Waals surface area contributed by atoms with Crippen LogP contribution < -0.4 is 0 Å². The van der Waals surface area contributed by atoms with E-state index in [1.807, 2.05) is 26.0 Å². The van der Waals surface area contributed by atoms with E-state index in [4.69, 9.17) is 0 Å². The molecule has 98 valence electrons. The first-order valence-electron chi connectivity index (χ1n) is 5.76. The van der Waals surface area contributed by atoms with Crippen LogP contribution in [0, 0.1) is 6.92 Å². The zero-order valence-corrected chi connectivity index (χ0v) is 12.3. The molecule has 0 aliphatic heterocycles. The second kappa shape index (κ2) is 6.81. The molecule has 1 aromatic rings. The van der Waals surface area contributed by atoms with Gasteiger partial charge in [0.05, 0.1) is 0 Å². The third-order valence-corrected chi connectivity index (χ3v) is 3.72. The number of allylic oxidation sites excluding steroid dienone is 5. The smallest absolute Gasteiger partial charge is 0.121 e. The maximum absolute atomic E-state index is 4.22. The predicted molar refractivity (Wildman–Crippen MR) is 88.9 cm³/mol. The van der Waals surface area contributed by atoms with Gasteiger partial charge in [0.2, 0.25) is 0 Å². The van der Waals surface area contributed by atoms with E-state index in [9.17, 15) is 0 Å². The summed E-state index contributed by atoms with van der Waals surface area (Å²) in [6.45, 7) is 19.1. The molecule has 0 aliphatic carbocycles. The molecule has 0 spiro atoms. The van der Waals surface area contributed by atoms with Crippen molar-refractivity contribution >= 4 is 35.0 Å². The highest BCUT2D eigenvalue weighted by Crippen LogP contribution is 2.34. The Morgan fingerprint density at radius 3 is 2.53 bits per heavy atom. The SMILES string of the molecule is C=N/C=N\c1sc(C(=C)/C=C\C(=C)C(=C)C)cc1C. The minimum atomic E-state index is 0.906. The van der Waals surface area contributed by atoms with Gasteiger partial charge < -0.3 is 0 Å². The van der Waals surface area contributed by atoms with E-state index >= 15 is 0 Å². The Kier molecular flexibility index (Phi) is 5.39. The number of aryl methyl sites for hydroxylation is 1. The lowest BCUT2D eigenvalue weighted by Crippen LogP contribution is -1.76. The molecule has 0 aromatic carbocycles. The summed E-state index contributed by atoms with van der Waals surface area (Å²) < 4.78 is 0. The van der Waals surface area contributed by atoms with Crippen LogP contribution in [0.2, 0.25) is 0 Å². The van der Waals surface area contributed by atoms with E-state index in [0.717, 1.165) is 32.2 Å². The fraction of sp³-hybridized carbons (Fsp3) is 0.125. The molecule has 0 saturated carbocycles. The molecular formula is C16H18N2S. The first-order chi connectivity index (χ1) is 8.95. The van der Waals surface area contributed by atoms with Crippen molar-refractivity contribution in [3.63, 3.8) is 0 Å². The molecular weight excluding hydrogens is 252 g/mol. The zero-order valence-electron chi connectivity index (χ0n) is 11.4. The van der Waals surface area contributed by atoms with Crippen molar-refractivity contribution < 1.29 is 0 Å². The molecule has 19 heavy (non-hydrogen) atoms. The summed E-state index contributed by atoms with van der Waals surface area (Å²) in [5.74, 6) is 0. The standard InChI is InChI=1S/C16H18N2S/c1-11(2)12(3)7-8-13(4)15-9-14(5)16(19-15)18-10-17-6/h7-10H,1,3-4,6H2,2,5H3/b8-7-,18-10-. The van der Waals surface area contributed by atoms with Crippen LogP contribution in [-0.2, 0) is 0 Å². The van der Waals surface area contributed by atoms with E-state index in [0.29, 0.717) is 0 Å². The van der Waals surface area contributed by atoms with Gasteiger partial charge in [0.1, 0.15) is 11.3 Å². The lowest BCUT2D eigenvalue weighted by molar-refractivity contribution is 1.47. The zero-order chi connectivity index (χ0) is 14.4. The number of aliphatic imine (C=N–C) groups is 2. The summed E-state index contributed by atoms with van der Waals surface area (Å²) >= 11 is 1.58. The molecule has 1 heterocycles. The van der Waals surface area contributed by atoms with E-state index in [1.54, 1.807) is 11.3 Å². The molecule has 0 bridgehead atoms. The molecule has 1 rings (SSSR count). The number of hydrogen-bond donors (Lipinski definition) is 0. The fourth-order valence-corrected chi connectivity index (χ4v) is 2.24. The summed E-state index contributed by atoms with van der Waals surface area (Å²) in [5.41, 5.74) is 3.90. The largest absolute Gasteiger partial charge is 0.253 e. The van der Waals surface area contributed by atoms with E-state index < -0.39 is 0 Å². The van der Waals surface area contributed by atoms with Crippen molar-refractivity contribution in [2.75, 3.05) is 0 Å². The molecule has 0 unspecified atom stereocenters. The highest BCUT2D eigenvalue weighted by Gasteiger charge is 2.05. The van der Waals surface area contributed by atoms with Gasteiger partial charge in [-0.2, -0.15) is 0 Å². The molecule has 0 amide bonds. The van der Waals surface area contributed by atoms with Gasteiger partial charge in [-0.25, -0.2) is 4.99 Å². The van der Waals surface area contributed by atoms with E-state index in [1.165, 1.54) is 6.34 Å². The Hall–Kier alpha value is -2.00. The van der Waals surface area contributed by atoms with Gasteiger partial charge in [0, 0.05) is 4.88 Å². The summed E-state index contributed by atoms with van der Waals surface area (Å²) in [6, 6.07) is 2.07. The second-order valence-corrected chi connectivity index (χ2v) is 5.22. The van der Waals surface area contributed by atoms with Gasteiger partial charge in [0.15, 0.2) is 0 Å². The lowest BCUT2D eigenvalue weighted by atomic mass is 10.1. The first kappa shape index (κ1) is 15.1. The first-order valence-corrected chi connectivity index (χ1v) is 6.58. The Balaban J connectivity index is 2.89. The van der Waals surface area contributed by atoms with Crippen LogP contribution in [0.5, 0.6) is 0 Å². The predicted octanol–water partition coefficient (Wildman–Crippen LogP) is 5.12. The number of nitrogens with zero attached hydrogens (tertiary/aromatic N) is 2. The van der Waals surface area contributed by atoms with Crippen LogP contribution >= 0.6 is 11.3 Å². The Bertz CT molecular complexity index is 586. The number of thiophene rings is 1. The van der Waals surface area contributed by atoms with Crippen molar-refractivity contribution in [3.8, 4) is 0 Å². The van der Waals surface area contributed by atoms with Crippen molar-refractivity contribution in [3.05, 3.63) is 59.5 Å². The van der Waals surface area contributed by atoms with Gasteiger partial charge >= 0.3 is 0 Å². The van der Waals surface area contributed by atoms with Gasteiger partial charge in [-0.15, -0.1) is 11.3 Å². The minimum Gasteiger partial charge on any atom is -0.253 e. The molecule has 0 aliphatic rings. The molecule has 1 aromatic heterocycles. The average molecular weight is 270 g/mol. The van der Waals surface area contributed by atoms with Crippen LogP contribution in [0.1, 0.15) is 17.4 Å². The van der Waals surface area contributed by atoms with E-state index in [2.05, 4.69) is 42.5 Å². The second-order valence-electron chi connectivity index (χ2n) is 4.19. The Labute approximate surface area is 118 Å². The number of rotatable bonds is 6. The molecule has 0 atom stereocenters. The third kappa shape index (κ3) is 4.30. The highest BCUT2D eigenvalue weighted by atomic mass is 32.1. The number of hydrogen-bond acceptors (Lipinski definition) is 2. The molecule has 0 saturated heterocycles. The molecule has 2 nitrogen and oxygen atoms in total. The summed E-state index contributed by atoms with van der Waals surface area (Å²) in [6.07, 6.45) is 5.32. The Morgan fingerprint density at radius 2 is 1.95 bits per heavy atom. The molecule has 0 fully saturated rings. The molecule has 0 N–H and O–H groups in total. The van der Waals surface area contributed by atoms with Crippen molar-refractivity contribution in [2.45, 2.75) is 13.8 Å². The Morgan fingerprint density at radius 1 is 1.26 bits per heavy atom. The normalized spacial score (nSPS) is 11.1. The van der Waals surface area contributed by atoms with Crippen LogP contribution in [0.3, 0.4) is 0 Å². The fourth-order valence-electron chi connectivity index (χ4n) is 1.28. The van der Waals surface area contributed by atoms with Gasteiger partial charge in [0.25, 0.3) is 0 Å². The van der Waals surface area contributed by atoms with Gasteiger partial charge in [-0.1, -0.05) is 37.5 Å². The van der Waals surface area contributed by atoms with Crippen molar-refractivity contribution in [1.82, 2.24) is 0 Å². The summed E-state index contributed by atoms with van der Waals surface area (Å²) in [5, 5.41) is 0.927. The van der Waals surface area contributed by atoms with Crippen LogP contribution in [-0.4, -0.2) is 13.1 Å². The molecule has 0 radical (unpaired) electrons. The van der Waals surface area contributed by atoms with E-state index in [-0.39, 0.29) is 0 Å². The quantitative estimate of drug-likeness (QED) is 0.389. The van der Waals surface area contributed by atoms with Crippen molar-refractivity contribution in [2.24, 2.45) is 9.98 Å². The maximum Gasteiger partial charge on any atom is 0.121 e. The average Bonchev–Trinajstić information content (AvgIpc) is 2.74. The highest BCUT2D eigenvalue weighted by molar-refractivity contribution is 7.17. The monoisotopic (exact) mass is 270 g/mol. The summed E-state index contributed by atoms with van der Waals surface area (Å²) in [7, 11) is 0. The third-order valence-electron chi connectivity index (χ3n) is 2.50. The maximum atomic E-state index is 4.22. The van der Waals surface area contributed by atoms with Crippen LogP contribution in [0.4, 0.5) is 5.00 Å². The van der Waals surface area contributed by atoms with Gasteiger partial charge in [-0.05, 0) is 43.3 Å². The summed E-state index contributed by atoms with van der Waals surface area (Å²) in [4.78, 5) is 8.91. The van der Waals surface area contributed by atoms with Crippen molar-refractivity contribution in [1.29, 1.82) is 0 Å².